The van der Waals surface area contributed by atoms with E-state index in [0.29, 0.717) is 36.0 Å². The number of carbonyl (C=O) groups excluding carboxylic acids is 1. The minimum Gasteiger partial charge on any atom is -0.483 e. The summed E-state index contributed by atoms with van der Waals surface area (Å²) < 4.78 is 39.2. The van der Waals surface area contributed by atoms with Crippen molar-refractivity contribution in [2.45, 2.75) is 43.6 Å². The number of sulfonamides is 1. The fourth-order valence-electron chi connectivity index (χ4n) is 3.62. The average molecular weight is 444 g/mol. The molecule has 2 aliphatic heterocycles. The van der Waals surface area contributed by atoms with E-state index in [2.05, 4.69) is 15.0 Å². The lowest BCUT2D eigenvalue weighted by Crippen LogP contribution is -2.29. The molecule has 2 N–H and O–H groups in total. The second-order valence-electron chi connectivity index (χ2n) is 8.19. The molecule has 0 spiro atoms. The lowest BCUT2D eigenvalue weighted by atomic mass is 10.0. The molecule has 2 aromatic rings. The summed E-state index contributed by atoms with van der Waals surface area (Å²) in [4.78, 5) is 16.6. The summed E-state index contributed by atoms with van der Waals surface area (Å²) in [6.07, 6.45) is 2.21. The van der Waals surface area contributed by atoms with Crippen molar-refractivity contribution in [1.82, 2.24) is 4.72 Å². The summed E-state index contributed by atoms with van der Waals surface area (Å²) in [6, 6.07) is 11.7. The number of amides is 1. The second-order valence-corrected chi connectivity index (χ2v) is 9.87. The van der Waals surface area contributed by atoms with Crippen LogP contribution in [0.4, 0.5) is 5.69 Å². The Bertz CT molecular complexity index is 1140. The molecule has 4 rings (SSSR count). The maximum Gasteiger partial charge on any atom is 0.262 e. The van der Waals surface area contributed by atoms with Crippen LogP contribution in [0.3, 0.4) is 0 Å². The number of hydrogen-bond donors (Lipinski definition) is 2. The van der Waals surface area contributed by atoms with Gasteiger partial charge in [0.25, 0.3) is 15.9 Å². The van der Waals surface area contributed by atoms with Crippen LogP contribution in [0.1, 0.15) is 32.3 Å². The van der Waals surface area contributed by atoms with E-state index >= 15 is 0 Å². The van der Waals surface area contributed by atoms with E-state index in [9.17, 15) is 13.2 Å². The summed E-state index contributed by atoms with van der Waals surface area (Å²) in [7, 11) is -3.76. The van der Waals surface area contributed by atoms with Crippen molar-refractivity contribution in [3.05, 3.63) is 48.0 Å². The number of para-hydroxylation sites is 1. The number of carbonyl (C=O) groups is 1. The van der Waals surface area contributed by atoms with Crippen LogP contribution in [-0.2, 0) is 21.2 Å². The van der Waals surface area contributed by atoms with Crippen LogP contribution in [0.15, 0.2) is 52.4 Å². The van der Waals surface area contributed by atoms with Gasteiger partial charge in [-0.3, -0.25) is 14.5 Å². The summed E-state index contributed by atoms with van der Waals surface area (Å²) in [6.45, 7) is 4.39. The minimum absolute atomic E-state index is 0.0531. The third kappa shape index (κ3) is 4.99. The van der Waals surface area contributed by atoms with Gasteiger partial charge in [0.05, 0.1) is 4.90 Å². The smallest absolute Gasteiger partial charge is 0.262 e. The highest BCUT2D eigenvalue weighted by Gasteiger charge is 2.32. The average Bonchev–Trinajstić information content (AvgIpc) is 3.32. The number of nitrogens with zero attached hydrogens (tertiary/aromatic N) is 1. The van der Waals surface area contributed by atoms with Crippen molar-refractivity contribution >= 4 is 27.5 Å². The number of aliphatic imine (C=N–C) groups is 1. The molecule has 0 aromatic heterocycles. The van der Waals surface area contributed by atoms with Crippen molar-refractivity contribution in [1.29, 1.82) is 0 Å². The van der Waals surface area contributed by atoms with E-state index in [4.69, 9.17) is 9.47 Å². The number of fused-ring (bicyclic) bond motifs is 1. The molecule has 0 unspecified atom stereocenters. The first-order chi connectivity index (χ1) is 14.7. The maximum absolute atomic E-state index is 12.6. The van der Waals surface area contributed by atoms with E-state index in [1.807, 2.05) is 26.0 Å². The van der Waals surface area contributed by atoms with Crippen LogP contribution in [0, 0.1) is 0 Å². The number of ether oxygens (including phenoxy) is 2. The molecular formula is C22H25N3O5S. The summed E-state index contributed by atoms with van der Waals surface area (Å²) in [5.74, 6) is 1.23. The summed E-state index contributed by atoms with van der Waals surface area (Å²) in [5.41, 5.74) is 1.09. The molecule has 31 heavy (non-hydrogen) atoms. The van der Waals surface area contributed by atoms with Gasteiger partial charge in [-0.2, -0.15) is 0 Å². The van der Waals surface area contributed by atoms with Gasteiger partial charge in [0.1, 0.15) is 11.4 Å². The Labute approximate surface area is 181 Å². The van der Waals surface area contributed by atoms with Gasteiger partial charge < -0.3 is 14.8 Å². The molecule has 2 aliphatic rings. The largest absolute Gasteiger partial charge is 0.483 e. The summed E-state index contributed by atoms with van der Waals surface area (Å²) >= 11 is 0. The molecule has 2 aromatic carbocycles. The first kappa shape index (κ1) is 21.2. The molecule has 0 bridgehead atoms. The fraction of sp³-hybridized carbons (Fsp3) is 0.364. The van der Waals surface area contributed by atoms with Gasteiger partial charge in [0.15, 0.2) is 18.1 Å². The van der Waals surface area contributed by atoms with Gasteiger partial charge in [0, 0.05) is 30.6 Å². The van der Waals surface area contributed by atoms with E-state index in [-0.39, 0.29) is 17.1 Å². The van der Waals surface area contributed by atoms with E-state index < -0.39 is 15.9 Å². The molecule has 8 nitrogen and oxygen atoms in total. The first-order valence-corrected chi connectivity index (χ1v) is 11.6. The lowest BCUT2D eigenvalue weighted by Gasteiger charge is -2.18. The van der Waals surface area contributed by atoms with E-state index in [1.54, 1.807) is 18.2 Å². The van der Waals surface area contributed by atoms with Gasteiger partial charge in [0.2, 0.25) is 0 Å². The molecule has 164 valence electrons. The monoisotopic (exact) mass is 443 g/mol. The standard InChI is InChI=1S/C22H25N3O5S/c1-22(2)13-15-6-3-9-18(21(15)30-22)29-14-20(26)24-16-7-4-8-17(12-16)31(27,28)25-19-10-5-11-23-19/h3-4,6-9,12H,5,10-11,13-14H2,1-2H3,(H,23,25)(H,24,26). The molecule has 0 fully saturated rings. The fourth-order valence-corrected chi connectivity index (χ4v) is 4.75. The molecule has 1 amide bonds. The number of benzene rings is 2. The number of amidine groups is 1. The van der Waals surface area contributed by atoms with Crippen LogP contribution in [0.25, 0.3) is 0 Å². The highest BCUT2D eigenvalue weighted by atomic mass is 32.2. The zero-order valence-corrected chi connectivity index (χ0v) is 18.3. The Balaban J connectivity index is 1.39. The zero-order chi connectivity index (χ0) is 22.1. The predicted molar refractivity (Wildman–Crippen MR) is 117 cm³/mol. The Morgan fingerprint density at radius 3 is 2.81 bits per heavy atom. The molecule has 0 saturated heterocycles. The van der Waals surface area contributed by atoms with Gasteiger partial charge in [-0.25, -0.2) is 8.42 Å². The number of hydrogen-bond acceptors (Lipinski definition) is 6. The maximum atomic E-state index is 12.6. The highest BCUT2D eigenvalue weighted by Crippen LogP contribution is 2.41. The topological polar surface area (TPSA) is 106 Å². The third-order valence-electron chi connectivity index (χ3n) is 4.97. The Hall–Kier alpha value is -3.07. The van der Waals surface area contributed by atoms with Crippen molar-refractivity contribution in [3.63, 3.8) is 0 Å². The van der Waals surface area contributed by atoms with Gasteiger partial charge in [-0.05, 0) is 44.5 Å². The van der Waals surface area contributed by atoms with Gasteiger partial charge >= 0.3 is 0 Å². The van der Waals surface area contributed by atoms with Crippen LogP contribution >= 0.6 is 0 Å². The second kappa shape index (κ2) is 8.22. The number of anilines is 1. The molecule has 0 atom stereocenters. The van der Waals surface area contributed by atoms with Crippen LogP contribution in [0.5, 0.6) is 11.5 Å². The number of rotatable bonds is 6. The van der Waals surface area contributed by atoms with Crippen LogP contribution in [0.2, 0.25) is 0 Å². The van der Waals surface area contributed by atoms with Crippen LogP contribution in [-0.4, -0.2) is 38.9 Å². The molecular weight excluding hydrogens is 418 g/mol. The molecule has 2 heterocycles. The van der Waals surface area contributed by atoms with Crippen LogP contribution < -0.4 is 19.5 Å². The highest BCUT2D eigenvalue weighted by molar-refractivity contribution is 7.90. The first-order valence-electron chi connectivity index (χ1n) is 10.1. The minimum atomic E-state index is -3.76. The summed E-state index contributed by atoms with van der Waals surface area (Å²) in [5, 5.41) is 2.68. The van der Waals surface area contributed by atoms with Gasteiger partial charge in [-0.15, -0.1) is 0 Å². The number of nitrogens with one attached hydrogen (secondary N) is 2. The SMILES string of the molecule is CC1(C)Cc2cccc(OCC(=O)Nc3cccc(S(=O)(=O)NC4=NCCC4)c3)c2O1. The Kier molecular flexibility index (Phi) is 5.62. The molecule has 0 aliphatic carbocycles. The van der Waals surface area contributed by atoms with E-state index in [1.165, 1.54) is 12.1 Å². The third-order valence-corrected chi connectivity index (χ3v) is 6.35. The molecule has 0 saturated carbocycles. The van der Waals surface area contributed by atoms with Crippen molar-refractivity contribution in [3.8, 4) is 11.5 Å². The Morgan fingerprint density at radius 2 is 2.03 bits per heavy atom. The van der Waals surface area contributed by atoms with Crippen molar-refractivity contribution in [2.75, 3.05) is 18.5 Å². The molecule has 0 radical (unpaired) electrons. The van der Waals surface area contributed by atoms with Crippen molar-refractivity contribution in [2.24, 2.45) is 4.99 Å². The van der Waals surface area contributed by atoms with E-state index in [0.717, 1.165) is 18.4 Å². The molecule has 9 heteroatoms. The quantitative estimate of drug-likeness (QED) is 0.714. The Morgan fingerprint density at radius 1 is 1.23 bits per heavy atom. The van der Waals surface area contributed by atoms with Gasteiger partial charge in [-0.1, -0.05) is 18.2 Å². The normalized spacial score (nSPS) is 16.8. The van der Waals surface area contributed by atoms with Crippen molar-refractivity contribution < 1.29 is 22.7 Å². The lowest BCUT2D eigenvalue weighted by molar-refractivity contribution is -0.118. The zero-order valence-electron chi connectivity index (χ0n) is 17.5. The predicted octanol–water partition coefficient (Wildman–Crippen LogP) is 2.89.